The Morgan fingerprint density at radius 1 is 1.14 bits per heavy atom. The molecule has 1 aliphatic heterocycles. The first kappa shape index (κ1) is 27.8. The molecule has 4 atom stereocenters. The molecule has 36 heavy (non-hydrogen) atoms. The highest BCUT2D eigenvalue weighted by Gasteiger charge is 2.51. The molecule has 1 N–H and O–H groups in total. The van der Waals surface area contributed by atoms with E-state index in [0.29, 0.717) is 5.56 Å². The molecule has 2 heterocycles. The number of hydrogen-bond donors (Lipinski definition) is 1. The van der Waals surface area contributed by atoms with Crippen LogP contribution in [-0.2, 0) is 43.9 Å². The van der Waals surface area contributed by atoms with E-state index in [0.717, 1.165) is 18.4 Å². The molecule has 0 amide bonds. The van der Waals surface area contributed by atoms with Crippen molar-refractivity contribution >= 4 is 50.7 Å². The van der Waals surface area contributed by atoms with Crippen molar-refractivity contribution in [1.82, 2.24) is 9.55 Å². The molecule has 2 aromatic rings. The number of hydrogen-bond acceptors (Lipinski definition) is 10. The number of rotatable bonds is 9. The lowest BCUT2D eigenvalue weighted by atomic mass is 10.1. The molecule has 0 radical (unpaired) electrons. The third-order valence-corrected chi connectivity index (χ3v) is 6.56. The Kier molecular flexibility index (Phi) is 9.21. The van der Waals surface area contributed by atoms with Gasteiger partial charge in [-0.15, -0.1) is 0 Å². The number of carbonyl (C=O) groups is 2. The van der Waals surface area contributed by atoms with Crippen LogP contribution in [0.2, 0.25) is 0 Å². The second kappa shape index (κ2) is 11.9. The van der Waals surface area contributed by atoms with Crippen LogP contribution in [0.4, 0.5) is 0 Å². The predicted molar refractivity (Wildman–Crippen MR) is 134 cm³/mol. The molecule has 0 aliphatic carbocycles. The summed E-state index contributed by atoms with van der Waals surface area (Å²) in [5.41, 5.74) is -1.03. The predicted octanol–water partition coefficient (Wildman–Crippen LogP) is 1.25. The SMILES string of the molecule is CC(=O)OC[C@H]1O[C@@H](n2cc(C=CI)c(=O)[nH]c2=O)[C@H](OC(C)=O)[C@H]1OS(=O)(=O)Cc1ccccc1. The van der Waals surface area contributed by atoms with Gasteiger partial charge in [-0.3, -0.25) is 28.1 Å². The van der Waals surface area contributed by atoms with E-state index in [1.54, 1.807) is 34.4 Å². The van der Waals surface area contributed by atoms with Crippen molar-refractivity contribution < 1.29 is 36.4 Å². The van der Waals surface area contributed by atoms with Crippen molar-refractivity contribution in [3.63, 3.8) is 0 Å². The maximum atomic E-state index is 12.9. The summed E-state index contributed by atoms with van der Waals surface area (Å²) in [6, 6.07) is 8.24. The van der Waals surface area contributed by atoms with Gasteiger partial charge < -0.3 is 14.2 Å². The van der Waals surface area contributed by atoms with Crippen LogP contribution in [0.1, 0.15) is 31.2 Å². The van der Waals surface area contributed by atoms with Gasteiger partial charge in [0.05, 0.1) is 5.56 Å². The minimum atomic E-state index is -4.27. The Labute approximate surface area is 219 Å². The molecule has 1 aromatic heterocycles. The maximum absolute atomic E-state index is 12.9. The highest BCUT2D eigenvalue weighted by Crippen LogP contribution is 2.35. The van der Waals surface area contributed by atoms with Gasteiger partial charge in [0.1, 0.15) is 24.6 Å². The molecule has 0 spiro atoms. The quantitative estimate of drug-likeness (QED) is 0.242. The minimum Gasteiger partial charge on any atom is -0.463 e. The van der Waals surface area contributed by atoms with Crippen molar-refractivity contribution in [2.24, 2.45) is 0 Å². The fourth-order valence-corrected chi connectivity index (χ4v) is 5.19. The fourth-order valence-electron chi connectivity index (χ4n) is 3.56. The summed E-state index contributed by atoms with van der Waals surface area (Å²) in [6.07, 6.45) is -2.96. The molecule has 14 heteroatoms. The van der Waals surface area contributed by atoms with Crippen LogP contribution in [0.15, 0.2) is 50.2 Å². The van der Waals surface area contributed by atoms with E-state index in [1.165, 1.54) is 12.3 Å². The number of H-pyrrole nitrogens is 1. The largest absolute Gasteiger partial charge is 0.463 e. The normalized spacial score (nSPS) is 22.0. The highest BCUT2D eigenvalue weighted by molar-refractivity contribution is 14.1. The molecule has 1 saturated heterocycles. The van der Waals surface area contributed by atoms with Crippen molar-refractivity contribution in [2.75, 3.05) is 6.61 Å². The number of ether oxygens (including phenoxy) is 3. The number of nitrogens with one attached hydrogen (secondary N) is 1. The molecular weight excluding hydrogens is 611 g/mol. The lowest BCUT2D eigenvalue weighted by Gasteiger charge is -2.24. The zero-order valence-corrected chi connectivity index (χ0v) is 22.1. The van der Waals surface area contributed by atoms with Gasteiger partial charge in [0.25, 0.3) is 15.7 Å². The molecule has 0 saturated carbocycles. The van der Waals surface area contributed by atoms with Gasteiger partial charge in [-0.2, -0.15) is 8.42 Å². The maximum Gasteiger partial charge on any atom is 0.330 e. The highest BCUT2D eigenvalue weighted by atomic mass is 127. The summed E-state index contributed by atoms with van der Waals surface area (Å²) in [5.74, 6) is -1.97. The van der Waals surface area contributed by atoms with Gasteiger partial charge >= 0.3 is 17.6 Å². The van der Waals surface area contributed by atoms with E-state index in [-0.39, 0.29) is 5.56 Å². The minimum absolute atomic E-state index is 0.0896. The van der Waals surface area contributed by atoms with Crippen LogP contribution >= 0.6 is 22.6 Å². The van der Waals surface area contributed by atoms with E-state index in [2.05, 4.69) is 4.98 Å². The van der Waals surface area contributed by atoms with Gasteiger partial charge in [-0.1, -0.05) is 52.9 Å². The van der Waals surface area contributed by atoms with Crippen molar-refractivity contribution in [3.8, 4) is 0 Å². The van der Waals surface area contributed by atoms with E-state index in [1.807, 2.05) is 22.6 Å². The van der Waals surface area contributed by atoms with Gasteiger partial charge in [0, 0.05) is 20.0 Å². The zero-order valence-electron chi connectivity index (χ0n) is 19.2. The monoisotopic (exact) mass is 634 g/mol. The van der Waals surface area contributed by atoms with E-state index in [4.69, 9.17) is 18.4 Å². The third kappa shape index (κ3) is 7.11. The Morgan fingerprint density at radius 2 is 1.83 bits per heavy atom. The van der Waals surface area contributed by atoms with Crippen LogP contribution in [-0.4, -0.2) is 54.8 Å². The van der Waals surface area contributed by atoms with Gasteiger partial charge in [-0.05, 0) is 15.7 Å². The van der Waals surface area contributed by atoms with Crippen molar-refractivity contribution in [1.29, 1.82) is 0 Å². The number of aromatic amines is 1. The molecule has 194 valence electrons. The molecule has 1 aromatic carbocycles. The summed E-state index contributed by atoms with van der Waals surface area (Å²) < 4.78 is 49.9. The number of nitrogens with zero attached hydrogens (tertiary/aromatic N) is 1. The van der Waals surface area contributed by atoms with Crippen LogP contribution in [0.25, 0.3) is 6.08 Å². The number of carbonyl (C=O) groups excluding carboxylic acids is 2. The first-order valence-corrected chi connectivity index (χ1v) is 13.4. The molecule has 1 aliphatic rings. The zero-order chi connectivity index (χ0) is 26.5. The topological polar surface area (TPSA) is 160 Å². The summed E-state index contributed by atoms with van der Waals surface area (Å²) >= 11 is 1.89. The molecular formula is C22H23IN2O10S. The average Bonchev–Trinajstić information content (AvgIpc) is 3.10. The molecule has 3 rings (SSSR count). The first-order chi connectivity index (χ1) is 17.0. The molecule has 1 fully saturated rings. The second-order valence-corrected chi connectivity index (χ2v) is 10.0. The number of benzene rings is 1. The smallest absolute Gasteiger partial charge is 0.330 e. The van der Waals surface area contributed by atoms with Crippen molar-refractivity contribution in [3.05, 3.63) is 72.6 Å². The molecule has 0 unspecified atom stereocenters. The van der Waals surface area contributed by atoms with Gasteiger partial charge in [-0.25, -0.2) is 4.79 Å². The van der Waals surface area contributed by atoms with Gasteiger partial charge in [0.15, 0.2) is 12.3 Å². The standard InChI is InChI=1S/C22H23IN2O10S/c1-13(26)32-11-17-18(35-36(30,31)12-15-6-4-3-5-7-15)19(33-14(2)27)21(34-17)25-10-16(8-9-23)20(28)24-22(25)29/h3-10,17-19,21H,11-12H2,1-2H3,(H,24,28,29)/t17-,18+,19-,21-/m1/s1. The lowest BCUT2D eigenvalue weighted by Crippen LogP contribution is -2.43. The summed E-state index contributed by atoms with van der Waals surface area (Å²) in [6.45, 7) is 1.78. The van der Waals surface area contributed by atoms with Crippen LogP contribution in [0, 0.1) is 0 Å². The second-order valence-electron chi connectivity index (χ2n) is 7.73. The van der Waals surface area contributed by atoms with Crippen LogP contribution in [0.3, 0.4) is 0 Å². The van der Waals surface area contributed by atoms with Crippen LogP contribution in [0.5, 0.6) is 0 Å². The van der Waals surface area contributed by atoms with Crippen LogP contribution < -0.4 is 11.2 Å². The Balaban J connectivity index is 2.04. The molecule has 12 nitrogen and oxygen atoms in total. The van der Waals surface area contributed by atoms with E-state index in [9.17, 15) is 27.6 Å². The molecule has 0 bridgehead atoms. The Bertz CT molecular complexity index is 1350. The summed E-state index contributed by atoms with van der Waals surface area (Å²) in [7, 11) is -4.27. The third-order valence-electron chi connectivity index (χ3n) is 4.99. The Morgan fingerprint density at radius 3 is 2.44 bits per heavy atom. The first-order valence-electron chi connectivity index (χ1n) is 10.5. The average molecular weight is 634 g/mol. The Hall–Kier alpha value is -2.82. The van der Waals surface area contributed by atoms with E-state index >= 15 is 0 Å². The number of aromatic nitrogens is 2. The number of halogens is 1. The lowest BCUT2D eigenvalue weighted by molar-refractivity contribution is -0.155. The van der Waals surface area contributed by atoms with Crippen molar-refractivity contribution in [2.45, 2.75) is 44.1 Å². The summed E-state index contributed by atoms with van der Waals surface area (Å²) in [5, 5.41) is 0. The number of esters is 2. The van der Waals surface area contributed by atoms with E-state index < -0.39 is 70.2 Å². The summed E-state index contributed by atoms with van der Waals surface area (Å²) in [4.78, 5) is 50.2. The fraction of sp³-hybridized carbons (Fsp3) is 0.364. The van der Waals surface area contributed by atoms with Gasteiger partial charge in [0.2, 0.25) is 0 Å².